The molecule has 0 aromatic heterocycles. The van der Waals surface area contributed by atoms with E-state index in [2.05, 4.69) is 6.58 Å². The van der Waals surface area contributed by atoms with Crippen LogP contribution < -0.4 is 9.47 Å². The third-order valence-corrected chi connectivity index (χ3v) is 8.33. The molecule has 0 radical (unpaired) electrons. The molecule has 2 aromatic rings. The average molecular weight is 545 g/mol. The first kappa shape index (κ1) is 24.6. The molecule has 0 bridgehead atoms. The Labute approximate surface area is 192 Å². The molecule has 30 heavy (non-hydrogen) atoms. The summed E-state index contributed by atoms with van der Waals surface area (Å²) in [6, 6.07) is 14.6. The predicted molar refractivity (Wildman–Crippen MR) is 127 cm³/mol. The Morgan fingerprint density at radius 3 is 1.77 bits per heavy atom. The van der Waals surface area contributed by atoms with Gasteiger partial charge in [0, 0.05) is 13.1 Å². The van der Waals surface area contributed by atoms with E-state index in [1.807, 2.05) is 24.3 Å². The minimum atomic E-state index is -3.80. The van der Waals surface area contributed by atoms with Gasteiger partial charge < -0.3 is 14.6 Å². The van der Waals surface area contributed by atoms with E-state index in [1.54, 1.807) is 67.2 Å². The number of alkyl halides is 1. The van der Waals surface area contributed by atoms with E-state index >= 15 is 0 Å². The van der Waals surface area contributed by atoms with E-state index in [-0.39, 0.29) is 13.1 Å². The molecule has 1 unspecified atom stereocenters. The van der Waals surface area contributed by atoms with Crippen LogP contribution in [-0.2, 0) is 23.1 Å². The molecule has 0 fully saturated rings. The molecule has 6 nitrogen and oxygen atoms in total. The summed E-state index contributed by atoms with van der Waals surface area (Å²) >= 11 is 1.77. The van der Waals surface area contributed by atoms with Crippen LogP contribution in [0.5, 0.6) is 11.5 Å². The van der Waals surface area contributed by atoms with Crippen LogP contribution in [0.15, 0.2) is 61.2 Å². The van der Waals surface area contributed by atoms with Crippen molar-refractivity contribution in [3.05, 3.63) is 72.3 Å². The highest BCUT2D eigenvalue weighted by molar-refractivity contribution is 14.1. The Balaban J connectivity index is 2.37. The Morgan fingerprint density at radius 1 is 1.00 bits per heavy atom. The lowest BCUT2D eigenvalue weighted by molar-refractivity contribution is 0.259. The molecule has 0 heterocycles. The van der Waals surface area contributed by atoms with Gasteiger partial charge in [0.25, 0.3) is 0 Å². The molecule has 8 heteroatoms. The fourth-order valence-electron chi connectivity index (χ4n) is 3.01. The molecular formula is C22H28INO5S. The monoisotopic (exact) mass is 545 g/mol. The molecule has 0 amide bonds. The molecule has 1 N–H and O–H groups in total. The SMILES string of the molecule is C=CCCC([C@@H](O)I)S(=O)(=O)N(Cc1ccc(OC)cc1)Cc1ccc(OC)cc1. The van der Waals surface area contributed by atoms with Crippen molar-refractivity contribution in [1.82, 2.24) is 4.31 Å². The number of nitrogens with zero attached hydrogens (tertiary/aromatic N) is 1. The molecule has 2 rings (SSSR count). The van der Waals surface area contributed by atoms with E-state index in [1.165, 1.54) is 4.31 Å². The van der Waals surface area contributed by atoms with Gasteiger partial charge in [0.1, 0.15) is 20.9 Å². The van der Waals surface area contributed by atoms with Crippen molar-refractivity contribution in [3.63, 3.8) is 0 Å². The number of sulfonamides is 1. The van der Waals surface area contributed by atoms with E-state index in [4.69, 9.17) is 9.47 Å². The molecule has 0 aliphatic heterocycles. The van der Waals surface area contributed by atoms with Gasteiger partial charge in [0.2, 0.25) is 10.0 Å². The predicted octanol–water partition coefficient (Wildman–Crippen LogP) is 4.12. The fraction of sp³-hybridized carbons (Fsp3) is 0.364. The second kappa shape index (κ2) is 11.7. The Bertz CT molecular complexity index is 849. The zero-order valence-corrected chi connectivity index (χ0v) is 20.2. The summed E-state index contributed by atoms with van der Waals surface area (Å²) in [5.74, 6) is 1.41. The number of halogens is 1. The molecule has 2 aromatic carbocycles. The number of allylic oxidation sites excluding steroid dienone is 1. The highest BCUT2D eigenvalue weighted by Crippen LogP contribution is 2.26. The van der Waals surface area contributed by atoms with Crippen LogP contribution in [0.4, 0.5) is 0 Å². The van der Waals surface area contributed by atoms with Crippen LogP contribution in [0.3, 0.4) is 0 Å². The second-order valence-electron chi connectivity index (χ2n) is 6.79. The standard InChI is InChI=1S/C22H28INO5S/c1-4-5-6-21(22(23)25)30(26,27)24(15-17-7-11-19(28-2)12-8-17)16-18-9-13-20(29-3)14-10-18/h4,7-14,21-22,25H,1,5-6,15-16H2,2-3H3/t21?,22-/m1/s1. The van der Waals surface area contributed by atoms with Crippen LogP contribution >= 0.6 is 22.6 Å². The minimum Gasteiger partial charge on any atom is -0.497 e. The Morgan fingerprint density at radius 2 is 1.43 bits per heavy atom. The Kier molecular flexibility index (Phi) is 9.60. The van der Waals surface area contributed by atoms with Gasteiger partial charge in [0.05, 0.1) is 14.2 Å². The lowest BCUT2D eigenvalue weighted by Gasteiger charge is -2.29. The molecule has 0 saturated carbocycles. The maximum Gasteiger partial charge on any atom is 0.220 e. The third-order valence-electron chi connectivity index (χ3n) is 4.74. The Hall–Kier alpha value is -1.62. The summed E-state index contributed by atoms with van der Waals surface area (Å²) in [5, 5.41) is 9.28. The van der Waals surface area contributed by atoms with Gasteiger partial charge in [-0.2, -0.15) is 4.31 Å². The largest absolute Gasteiger partial charge is 0.497 e. The summed E-state index contributed by atoms with van der Waals surface area (Å²) in [4.78, 5) is 0. The van der Waals surface area contributed by atoms with Crippen LogP contribution in [0.1, 0.15) is 24.0 Å². The maximum atomic E-state index is 13.5. The van der Waals surface area contributed by atoms with Gasteiger partial charge in [-0.25, -0.2) is 8.42 Å². The minimum absolute atomic E-state index is 0.187. The van der Waals surface area contributed by atoms with Crippen molar-refractivity contribution < 1.29 is 23.0 Å². The second-order valence-corrected chi connectivity index (χ2v) is 10.2. The third kappa shape index (κ3) is 6.69. The maximum absolute atomic E-state index is 13.5. The zero-order valence-electron chi connectivity index (χ0n) is 17.2. The highest BCUT2D eigenvalue weighted by Gasteiger charge is 2.35. The summed E-state index contributed by atoms with van der Waals surface area (Å²) in [6.45, 7) is 4.04. The summed E-state index contributed by atoms with van der Waals surface area (Å²) in [7, 11) is -0.627. The number of aliphatic hydroxyl groups excluding tert-OH is 1. The normalized spacial score (nSPS) is 13.6. The van der Waals surface area contributed by atoms with E-state index in [0.29, 0.717) is 24.3 Å². The molecule has 2 atom stereocenters. The van der Waals surface area contributed by atoms with E-state index in [9.17, 15) is 13.5 Å². The molecule has 0 aliphatic rings. The van der Waals surface area contributed by atoms with Gasteiger partial charge >= 0.3 is 0 Å². The number of methoxy groups -OCH3 is 2. The zero-order chi connectivity index (χ0) is 22.1. The molecule has 0 aliphatic carbocycles. The topological polar surface area (TPSA) is 76.1 Å². The smallest absolute Gasteiger partial charge is 0.220 e. The van der Waals surface area contributed by atoms with Gasteiger partial charge in [-0.15, -0.1) is 6.58 Å². The van der Waals surface area contributed by atoms with Crippen LogP contribution in [0.2, 0.25) is 0 Å². The number of ether oxygens (including phenoxy) is 2. The van der Waals surface area contributed by atoms with Crippen LogP contribution in [0, 0.1) is 0 Å². The van der Waals surface area contributed by atoms with Gasteiger partial charge in [0.15, 0.2) is 0 Å². The lowest BCUT2D eigenvalue weighted by Crippen LogP contribution is -2.42. The molecular weight excluding hydrogens is 517 g/mol. The van der Waals surface area contributed by atoms with Gasteiger partial charge in [-0.1, -0.05) is 30.3 Å². The fourth-order valence-corrected chi connectivity index (χ4v) is 6.24. The quantitative estimate of drug-likeness (QED) is 0.247. The molecule has 0 spiro atoms. The first-order chi connectivity index (χ1) is 14.3. The average Bonchev–Trinajstić information content (AvgIpc) is 2.74. The van der Waals surface area contributed by atoms with Crippen LogP contribution in [0.25, 0.3) is 0 Å². The summed E-state index contributed by atoms with van der Waals surface area (Å²) in [6.07, 6.45) is 2.47. The van der Waals surface area contributed by atoms with E-state index in [0.717, 1.165) is 11.1 Å². The number of hydrogen-bond acceptors (Lipinski definition) is 5. The summed E-state index contributed by atoms with van der Waals surface area (Å²) < 4.78 is 37.8. The molecule has 164 valence electrons. The van der Waals surface area contributed by atoms with Crippen LogP contribution in [-0.4, -0.2) is 41.4 Å². The van der Waals surface area contributed by atoms with Crippen molar-refractivity contribution in [2.24, 2.45) is 0 Å². The van der Waals surface area contributed by atoms with Crippen molar-refractivity contribution >= 4 is 32.6 Å². The van der Waals surface area contributed by atoms with Crippen molar-refractivity contribution in [3.8, 4) is 11.5 Å². The highest BCUT2D eigenvalue weighted by atomic mass is 127. The first-order valence-corrected chi connectivity index (χ1v) is 12.2. The first-order valence-electron chi connectivity index (χ1n) is 9.49. The van der Waals surface area contributed by atoms with E-state index < -0.39 is 19.4 Å². The number of hydrogen-bond donors (Lipinski definition) is 1. The lowest BCUT2D eigenvalue weighted by atomic mass is 10.2. The number of aliphatic hydroxyl groups is 1. The molecule has 0 saturated heterocycles. The number of rotatable bonds is 12. The van der Waals surface area contributed by atoms with Gasteiger partial charge in [-0.05, 0) is 70.8 Å². The summed E-state index contributed by atoms with van der Waals surface area (Å²) in [5.41, 5.74) is 1.66. The van der Waals surface area contributed by atoms with Crippen molar-refractivity contribution in [2.45, 2.75) is 35.3 Å². The number of benzene rings is 2. The van der Waals surface area contributed by atoms with Gasteiger partial charge in [-0.3, -0.25) is 0 Å². The van der Waals surface area contributed by atoms with Crippen molar-refractivity contribution in [2.75, 3.05) is 14.2 Å². The van der Waals surface area contributed by atoms with Crippen molar-refractivity contribution in [1.29, 1.82) is 0 Å².